The molecule has 3 nitrogen and oxygen atoms in total. The maximum atomic E-state index is 9.32. The molecule has 0 saturated carbocycles. The molecule has 2 rings (SSSR count). The van der Waals surface area contributed by atoms with Crippen LogP contribution in [0.2, 0.25) is 0 Å². The molecule has 0 aromatic heterocycles. The summed E-state index contributed by atoms with van der Waals surface area (Å²) < 4.78 is 0. The molecule has 1 N–H and O–H groups in total. The summed E-state index contributed by atoms with van der Waals surface area (Å²) in [5, 5.41) is 9.32. The third-order valence-corrected chi connectivity index (χ3v) is 4.67. The van der Waals surface area contributed by atoms with Crippen molar-refractivity contribution >= 4 is 0 Å². The predicted octanol–water partition coefficient (Wildman–Crippen LogP) is 3.13. The number of benzene rings is 1. The van der Waals surface area contributed by atoms with Gasteiger partial charge in [0.05, 0.1) is 0 Å². The summed E-state index contributed by atoms with van der Waals surface area (Å²) in [6, 6.07) is 8.24. The molecule has 21 heavy (non-hydrogen) atoms. The topological polar surface area (TPSA) is 26.7 Å². The second-order valence-corrected chi connectivity index (χ2v) is 7.25. The number of nitrogens with zero attached hydrogens (tertiary/aromatic N) is 2. The Labute approximate surface area is 129 Å². The van der Waals surface area contributed by atoms with Crippen LogP contribution >= 0.6 is 0 Å². The number of piperazine rings is 1. The van der Waals surface area contributed by atoms with Crippen molar-refractivity contribution < 1.29 is 5.11 Å². The standard InChI is InChI=1S/C18H30N2O/c1-15(5-6-16-7-9-17(21)10-8-16)19-11-13-20(14-12-19)18(2,3)4/h7-10,15,21H,5-6,11-14H2,1-4H3. The van der Waals surface area contributed by atoms with Crippen LogP contribution in [0.5, 0.6) is 5.75 Å². The summed E-state index contributed by atoms with van der Waals surface area (Å²) in [5.41, 5.74) is 1.61. The van der Waals surface area contributed by atoms with Crippen LogP contribution in [0.15, 0.2) is 24.3 Å². The van der Waals surface area contributed by atoms with Gasteiger partial charge in [-0.2, -0.15) is 0 Å². The van der Waals surface area contributed by atoms with Crippen LogP contribution in [0.1, 0.15) is 39.7 Å². The fraction of sp³-hybridized carbons (Fsp3) is 0.667. The van der Waals surface area contributed by atoms with E-state index in [-0.39, 0.29) is 0 Å². The van der Waals surface area contributed by atoms with E-state index in [2.05, 4.69) is 37.5 Å². The van der Waals surface area contributed by atoms with Crippen LogP contribution in [0.25, 0.3) is 0 Å². The lowest BCUT2D eigenvalue weighted by Crippen LogP contribution is -2.55. The molecule has 0 amide bonds. The molecule has 1 aromatic rings. The first-order valence-corrected chi connectivity index (χ1v) is 8.13. The molecule has 1 aliphatic heterocycles. The lowest BCUT2D eigenvalue weighted by molar-refractivity contribution is 0.0440. The summed E-state index contributed by atoms with van der Waals surface area (Å²) in [7, 11) is 0. The van der Waals surface area contributed by atoms with Crippen molar-refractivity contribution in [1.29, 1.82) is 0 Å². The minimum Gasteiger partial charge on any atom is -0.508 e. The van der Waals surface area contributed by atoms with E-state index in [1.54, 1.807) is 12.1 Å². The summed E-state index contributed by atoms with van der Waals surface area (Å²) in [6.45, 7) is 13.9. The number of phenolic OH excluding ortho intramolecular Hbond substituents is 1. The van der Waals surface area contributed by atoms with Crippen molar-refractivity contribution in [2.24, 2.45) is 0 Å². The van der Waals surface area contributed by atoms with Gasteiger partial charge in [-0.1, -0.05) is 12.1 Å². The van der Waals surface area contributed by atoms with Crippen molar-refractivity contribution in [3.05, 3.63) is 29.8 Å². The normalized spacial score (nSPS) is 19.6. The zero-order valence-electron chi connectivity index (χ0n) is 14.0. The van der Waals surface area contributed by atoms with E-state index in [1.165, 1.54) is 38.2 Å². The Hall–Kier alpha value is -1.06. The van der Waals surface area contributed by atoms with Crippen LogP contribution in [-0.2, 0) is 6.42 Å². The minimum absolute atomic E-state index is 0.293. The highest BCUT2D eigenvalue weighted by Crippen LogP contribution is 2.19. The first-order chi connectivity index (χ1) is 9.86. The molecule has 1 heterocycles. The Balaban J connectivity index is 1.77. The molecule has 0 aliphatic carbocycles. The molecule has 1 atom stereocenters. The largest absolute Gasteiger partial charge is 0.508 e. The average Bonchev–Trinajstić information content (AvgIpc) is 2.45. The van der Waals surface area contributed by atoms with E-state index >= 15 is 0 Å². The van der Waals surface area contributed by atoms with Crippen molar-refractivity contribution in [2.75, 3.05) is 26.2 Å². The minimum atomic E-state index is 0.293. The van der Waals surface area contributed by atoms with Gasteiger partial charge in [-0.3, -0.25) is 9.80 Å². The highest BCUT2D eigenvalue weighted by molar-refractivity contribution is 5.25. The van der Waals surface area contributed by atoms with Gasteiger partial charge in [0, 0.05) is 37.8 Å². The van der Waals surface area contributed by atoms with E-state index in [1.807, 2.05) is 12.1 Å². The zero-order valence-corrected chi connectivity index (χ0v) is 14.0. The quantitative estimate of drug-likeness (QED) is 0.923. The van der Waals surface area contributed by atoms with Gasteiger partial charge in [-0.15, -0.1) is 0 Å². The fourth-order valence-electron chi connectivity index (χ4n) is 3.05. The molecule has 3 heteroatoms. The van der Waals surface area contributed by atoms with Gasteiger partial charge in [0.1, 0.15) is 5.75 Å². The summed E-state index contributed by atoms with van der Waals surface area (Å²) in [4.78, 5) is 5.19. The van der Waals surface area contributed by atoms with Gasteiger partial charge in [0.25, 0.3) is 0 Å². The molecule has 1 fully saturated rings. The number of hydrogen-bond donors (Lipinski definition) is 1. The molecular weight excluding hydrogens is 260 g/mol. The summed E-state index contributed by atoms with van der Waals surface area (Å²) in [6.07, 6.45) is 2.27. The molecule has 0 radical (unpaired) electrons. The van der Waals surface area contributed by atoms with E-state index in [9.17, 15) is 5.11 Å². The smallest absolute Gasteiger partial charge is 0.115 e. The van der Waals surface area contributed by atoms with Crippen molar-refractivity contribution in [3.8, 4) is 5.75 Å². The summed E-state index contributed by atoms with van der Waals surface area (Å²) >= 11 is 0. The second-order valence-electron chi connectivity index (χ2n) is 7.25. The van der Waals surface area contributed by atoms with Gasteiger partial charge < -0.3 is 5.11 Å². The Kier molecular flexibility index (Phi) is 5.28. The van der Waals surface area contributed by atoms with Gasteiger partial charge in [0.2, 0.25) is 0 Å². The number of aromatic hydroxyl groups is 1. The highest BCUT2D eigenvalue weighted by Gasteiger charge is 2.27. The van der Waals surface area contributed by atoms with Crippen LogP contribution in [0.4, 0.5) is 0 Å². The third kappa shape index (κ3) is 4.72. The Bertz CT molecular complexity index is 428. The van der Waals surface area contributed by atoms with Crippen molar-refractivity contribution in [1.82, 2.24) is 9.80 Å². The van der Waals surface area contributed by atoms with Crippen LogP contribution in [0.3, 0.4) is 0 Å². The van der Waals surface area contributed by atoms with E-state index in [4.69, 9.17) is 0 Å². The number of aryl methyl sites for hydroxylation is 1. The van der Waals surface area contributed by atoms with Crippen molar-refractivity contribution in [2.45, 2.75) is 52.1 Å². The van der Waals surface area contributed by atoms with Gasteiger partial charge in [-0.25, -0.2) is 0 Å². The predicted molar refractivity (Wildman–Crippen MR) is 88.8 cm³/mol. The van der Waals surface area contributed by atoms with Gasteiger partial charge in [-0.05, 0) is 58.2 Å². The fourth-order valence-corrected chi connectivity index (χ4v) is 3.05. The Morgan fingerprint density at radius 3 is 2.14 bits per heavy atom. The first kappa shape index (κ1) is 16.3. The molecule has 1 saturated heterocycles. The molecule has 0 bridgehead atoms. The maximum absolute atomic E-state index is 9.32. The monoisotopic (exact) mass is 290 g/mol. The van der Waals surface area contributed by atoms with Crippen LogP contribution in [-0.4, -0.2) is 52.7 Å². The van der Waals surface area contributed by atoms with Crippen molar-refractivity contribution in [3.63, 3.8) is 0 Å². The van der Waals surface area contributed by atoms with E-state index < -0.39 is 0 Å². The second kappa shape index (κ2) is 6.80. The summed E-state index contributed by atoms with van der Waals surface area (Å²) in [5.74, 6) is 0.352. The Morgan fingerprint density at radius 2 is 1.62 bits per heavy atom. The van der Waals surface area contributed by atoms with Gasteiger partial charge in [0.15, 0.2) is 0 Å². The number of phenols is 1. The molecule has 1 aliphatic rings. The average molecular weight is 290 g/mol. The highest BCUT2D eigenvalue weighted by atomic mass is 16.3. The van der Waals surface area contributed by atoms with Crippen LogP contribution in [0, 0.1) is 0 Å². The van der Waals surface area contributed by atoms with Crippen LogP contribution < -0.4 is 0 Å². The molecule has 1 unspecified atom stereocenters. The number of rotatable bonds is 4. The van der Waals surface area contributed by atoms with E-state index in [0.29, 0.717) is 17.3 Å². The molecular formula is C18H30N2O. The number of hydrogen-bond acceptors (Lipinski definition) is 3. The zero-order chi connectivity index (χ0) is 15.5. The SMILES string of the molecule is CC(CCc1ccc(O)cc1)N1CCN(C(C)(C)C)CC1. The lowest BCUT2D eigenvalue weighted by atomic mass is 10.0. The lowest BCUT2D eigenvalue weighted by Gasteiger charge is -2.44. The molecule has 0 spiro atoms. The maximum Gasteiger partial charge on any atom is 0.115 e. The van der Waals surface area contributed by atoms with Gasteiger partial charge >= 0.3 is 0 Å². The van der Waals surface area contributed by atoms with E-state index in [0.717, 1.165) is 6.42 Å². The third-order valence-electron chi connectivity index (χ3n) is 4.67. The first-order valence-electron chi connectivity index (χ1n) is 8.13. The molecule has 1 aromatic carbocycles. The molecule has 118 valence electrons. The Morgan fingerprint density at radius 1 is 1.05 bits per heavy atom.